The normalized spacial score (nSPS) is 10.8. The first-order valence-corrected chi connectivity index (χ1v) is 9.32. The molecule has 1 amide bonds. The van der Waals surface area contributed by atoms with E-state index in [4.69, 9.17) is 0 Å². The van der Waals surface area contributed by atoms with Gasteiger partial charge in [0.2, 0.25) is 11.0 Å². The summed E-state index contributed by atoms with van der Waals surface area (Å²) in [5, 5.41) is 14.5. The van der Waals surface area contributed by atoms with E-state index < -0.39 is 4.92 Å². The molecule has 0 aromatic heterocycles. The quantitative estimate of drug-likeness (QED) is 0.271. The van der Waals surface area contributed by atoms with Crippen molar-refractivity contribution in [3.05, 3.63) is 51.4 Å². The topological polar surface area (TPSA) is 89.3 Å². The first-order valence-electron chi connectivity index (χ1n) is 8.44. The van der Waals surface area contributed by atoms with Crippen LogP contribution in [0, 0.1) is 10.1 Å². The summed E-state index contributed by atoms with van der Waals surface area (Å²) in [6.07, 6.45) is 8.30. The minimum Gasteiger partial charge on any atom is -0.353 e. The fourth-order valence-electron chi connectivity index (χ4n) is 2.12. The molecular formula is C18H24N2O4S. The lowest BCUT2D eigenvalue weighted by atomic mass is 10.1. The van der Waals surface area contributed by atoms with Crippen LogP contribution in [0.15, 0.2) is 35.7 Å². The zero-order valence-corrected chi connectivity index (χ0v) is 15.2. The molecule has 0 saturated carbocycles. The molecule has 0 aliphatic carbocycles. The highest BCUT2D eigenvalue weighted by Gasteiger charge is 2.09. The Kier molecular flexibility index (Phi) is 10.2. The molecule has 0 spiro atoms. The number of carbonyl (C=O) groups is 2. The Morgan fingerprint density at radius 2 is 1.76 bits per heavy atom. The molecule has 0 bridgehead atoms. The average Bonchev–Trinajstić information content (AvgIpc) is 2.61. The first kappa shape index (κ1) is 20.9. The number of amides is 1. The SMILES string of the molecule is CCCCCCCCNC(=O)C=CSC(=O)c1ccc([N+](=O)[O-])cc1. The third-order valence-electron chi connectivity index (χ3n) is 3.54. The number of hydrogen-bond acceptors (Lipinski definition) is 5. The van der Waals surface area contributed by atoms with Crippen molar-refractivity contribution in [2.45, 2.75) is 45.4 Å². The van der Waals surface area contributed by atoms with Crippen molar-refractivity contribution < 1.29 is 14.5 Å². The van der Waals surface area contributed by atoms with Gasteiger partial charge in [-0.3, -0.25) is 19.7 Å². The van der Waals surface area contributed by atoms with E-state index in [1.807, 2.05) is 0 Å². The predicted octanol–water partition coefficient (Wildman–Crippen LogP) is 4.46. The largest absolute Gasteiger partial charge is 0.353 e. The lowest BCUT2D eigenvalue weighted by Gasteiger charge is -2.02. The fraction of sp³-hybridized carbons (Fsp3) is 0.444. The number of rotatable bonds is 11. The molecule has 7 heteroatoms. The second kappa shape index (κ2) is 12.2. The molecule has 1 aromatic carbocycles. The van der Waals surface area contributed by atoms with Crippen molar-refractivity contribution in [3.63, 3.8) is 0 Å². The van der Waals surface area contributed by atoms with E-state index in [-0.39, 0.29) is 16.7 Å². The van der Waals surface area contributed by atoms with Crippen LogP contribution in [0.2, 0.25) is 0 Å². The van der Waals surface area contributed by atoms with Gasteiger partial charge in [-0.05, 0) is 24.0 Å². The third-order valence-corrected chi connectivity index (χ3v) is 4.26. The maximum atomic E-state index is 11.9. The van der Waals surface area contributed by atoms with Crippen molar-refractivity contribution in [2.75, 3.05) is 6.54 Å². The average molecular weight is 364 g/mol. The number of nitrogens with zero attached hydrogens (tertiary/aromatic N) is 1. The van der Waals surface area contributed by atoms with Crippen molar-refractivity contribution in [1.29, 1.82) is 0 Å². The predicted molar refractivity (Wildman–Crippen MR) is 101 cm³/mol. The lowest BCUT2D eigenvalue weighted by Crippen LogP contribution is -2.21. The van der Waals surface area contributed by atoms with E-state index in [0.717, 1.165) is 24.6 Å². The summed E-state index contributed by atoms with van der Waals surface area (Å²) in [7, 11) is 0. The summed E-state index contributed by atoms with van der Waals surface area (Å²) >= 11 is 0.875. The van der Waals surface area contributed by atoms with Gasteiger partial charge in [0.15, 0.2) is 0 Å². The van der Waals surface area contributed by atoms with Gasteiger partial charge in [-0.25, -0.2) is 0 Å². The van der Waals surface area contributed by atoms with Gasteiger partial charge in [0.1, 0.15) is 0 Å². The smallest absolute Gasteiger partial charge is 0.269 e. The molecule has 0 fully saturated rings. The van der Waals surface area contributed by atoms with Crippen LogP contribution in [-0.4, -0.2) is 22.5 Å². The number of nitro groups is 1. The molecule has 0 unspecified atom stereocenters. The molecule has 25 heavy (non-hydrogen) atoms. The van der Waals surface area contributed by atoms with Crippen molar-refractivity contribution in [1.82, 2.24) is 5.32 Å². The molecule has 0 atom stereocenters. The van der Waals surface area contributed by atoms with Crippen LogP contribution >= 0.6 is 11.8 Å². The zero-order valence-electron chi connectivity index (χ0n) is 14.4. The first-order chi connectivity index (χ1) is 12.0. The maximum Gasteiger partial charge on any atom is 0.269 e. The fourth-order valence-corrected chi connectivity index (χ4v) is 2.71. The van der Waals surface area contributed by atoms with Gasteiger partial charge in [0.25, 0.3) is 5.69 Å². The van der Waals surface area contributed by atoms with E-state index in [0.29, 0.717) is 12.1 Å². The van der Waals surface area contributed by atoms with Gasteiger partial charge in [0.05, 0.1) is 4.92 Å². The van der Waals surface area contributed by atoms with Crippen LogP contribution in [0.25, 0.3) is 0 Å². The second-order valence-corrected chi connectivity index (χ2v) is 6.45. The van der Waals surface area contributed by atoms with E-state index >= 15 is 0 Å². The van der Waals surface area contributed by atoms with Gasteiger partial charge >= 0.3 is 0 Å². The van der Waals surface area contributed by atoms with Crippen LogP contribution in [0.3, 0.4) is 0 Å². The van der Waals surface area contributed by atoms with Crippen LogP contribution in [-0.2, 0) is 4.79 Å². The van der Waals surface area contributed by atoms with Crippen LogP contribution in [0.5, 0.6) is 0 Å². The number of hydrogen-bond donors (Lipinski definition) is 1. The van der Waals surface area contributed by atoms with Gasteiger partial charge < -0.3 is 5.32 Å². The summed E-state index contributed by atoms with van der Waals surface area (Å²) in [6.45, 7) is 2.81. The van der Waals surface area contributed by atoms with E-state index in [1.165, 1.54) is 61.4 Å². The lowest BCUT2D eigenvalue weighted by molar-refractivity contribution is -0.384. The van der Waals surface area contributed by atoms with Gasteiger partial charge in [-0.1, -0.05) is 50.8 Å². The number of non-ortho nitro benzene ring substituents is 1. The highest BCUT2D eigenvalue weighted by atomic mass is 32.2. The van der Waals surface area contributed by atoms with Crippen molar-refractivity contribution in [2.24, 2.45) is 0 Å². The Labute approximate surface area is 152 Å². The number of nitro benzene ring substituents is 1. The highest BCUT2D eigenvalue weighted by Crippen LogP contribution is 2.17. The Balaban J connectivity index is 2.23. The summed E-state index contributed by atoms with van der Waals surface area (Å²) in [5.41, 5.74) is 0.291. The van der Waals surface area contributed by atoms with E-state index in [1.54, 1.807) is 0 Å². The molecule has 136 valence electrons. The summed E-state index contributed by atoms with van der Waals surface area (Å²) < 4.78 is 0. The number of nitrogens with one attached hydrogen (secondary N) is 1. The van der Waals surface area contributed by atoms with E-state index in [2.05, 4.69) is 12.2 Å². The van der Waals surface area contributed by atoms with Gasteiger partial charge in [-0.2, -0.15) is 0 Å². The number of unbranched alkanes of at least 4 members (excludes halogenated alkanes) is 5. The minimum absolute atomic E-state index is 0.0637. The third kappa shape index (κ3) is 9.05. The summed E-state index contributed by atoms with van der Waals surface area (Å²) in [4.78, 5) is 33.6. The molecule has 6 nitrogen and oxygen atoms in total. The minimum atomic E-state index is -0.518. The zero-order chi connectivity index (χ0) is 18.5. The summed E-state index contributed by atoms with van der Waals surface area (Å²) in [6, 6.07) is 5.37. The maximum absolute atomic E-state index is 11.9. The number of benzene rings is 1. The van der Waals surface area contributed by atoms with Crippen LogP contribution < -0.4 is 5.32 Å². The van der Waals surface area contributed by atoms with Crippen molar-refractivity contribution >= 4 is 28.5 Å². The van der Waals surface area contributed by atoms with Crippen LogP contribution in [0.1, 0.15) is 55.8 Å². The molecule has 0 radical (unpaired) electrons. The second-order valence-electron chi connectivity index (χ2n) is 5.57. The standard InChI is InChI=1S/C18H24N2O4S/c1-2-3-4-5-6-7-13-19-17(21)12-14-25-18(22)15-8-10-16(11-9-15)20(23)24/h8-12,14H,2-7,13H2,1H3,(H,19,21). The van der Waals surface area contributed by atoms with Gasteiger partial charge in [0, 0.05) is 30.3 Å². The van der Waals surface area contributed by atoms with Gasteiger partial charge in [-0.15, -0.1) is 0 Å². The highest BCUT2D eigenvalue weighted by molar-refractivity contribution is 8.16. The molecule has 0 aliphatic rings. The van der Waals surface area contributed by atoms with Crippen molar-refractivity contribution in [3.8, 4) is 0 Å². The molecule has 1 N–H and O–H groups in total. The monoisotopic (exact) mass is 364 g/mol. The Hall–Kier alpha value is -2.15. The molecule has 0 heterocycles. The Bertz CT molecular complexity index is 600. The Morgan fingerprint density at radius 1 is 1.12 bits per heavy atom. The van der Waals surface area contributed by atoms with Crippen LogP contribution in [0.4, 0.5) is 5.69 Å². The molecule has 0 aliphatic heterocycles. The molecule has 1 rings (SSSR count). The molecular weight excluding hydrogens is 340 g/mol. The number of thioether (sulfide) groups is 1. The van der Waals surface area contributed by atoms with E-state index in [9.17, 15) is 19.7 Å². The summed E-state index contributed by atoms with van der Waals surface area (Å²) in [5.74, 6) is -0.224. The molecule has 0 saturated heterocycles. The number of carbonyl (C=O) groups excluding carboxylic acids is 2. The molecule has 1 aromatic rings. The Morgan fingerprint density at radius 3 is 2.40 bits per heavy atom.